The summed E-state index contributed by atoms with van der Waals surface area (Å²) in [4.78, 5) is 16.5. The summed E-state index contributed by atoms with van der Waals surface area (Å²) in [5.41, 5.74) is 2.63. The molecule has 0 spiro atoms. The van der Waals surface area contributed by atoms with Crippen LogP contribution in [0.4, 0.5) is 4.79 Å². The third-order valence-electron chi connectivity index (χ3n) is 1.32. The average Bonchev–Trinajstić information content (AvgIpc) is 2.12. The Bertz CT molecular complexity index is 120. The van der Waals surface area contributed by atoms with Crippen LogP contribution in [0.5, 0.6) is 0 Å². The first-order valence-electron chi connectivity index (χ1n) is 3.13. The third-order valence-corrected chi connectivity index (χ3v) is 1.32. The minimum absolute atomic E-state index is 0.423. The van der Waals surface area contributed by atoms with E-state index in [4.69, 9.17) is 9.94 Å². The molecule has 5 heteroatoms. The Hall–Kier alpha value is -0.810. The number of carboxylic acid groups (broad SMARTS) is 1. The maximum absolute atomic E-state index is 10.3. The maximum Gasteiger partial charge on any atom is 0.407 e. The van der Waals surface area contributed by atoms with E-state index in [9.17, 15) is 4.79 Å². The van der Waals surface area contributed by atoms with Crippen molar-refractivity contribution in [2.45, 2.75) is 0 Å². The summed E-state index contributed by atoms with van der Waals surface area (Å²) < 4.78 is 0. The van der Waals surface area contributed by atoms with Gasteiger partial charge in [-0.2, -0.15) is 0 Å². The summed E-state index contributed by atoms with van der Waals surface area (Å²) >= 11 is 0. The van der Waals surface area contributed by atoms with Crippen LogP contribution in [0.15, 0.2) is 0 Å². The van der Waals surface area contributed by atoms with E-state index in [-0.39, 0.29) is 0 Å². The van der Waals surface area contributed by atoms with Crippen LogP contribution >= 0.6 is 0 Å². The van der Waals surface area contributed by atoms with Crippen molar-refractivity contribution >= 4 is 6.09 Å². The lowest BCUT2D eigenvalue weighted by Crippen LogP contribution is -2.33. The molecular formula is C5H10N2O3. The van der Waals surface area contributed by atoms with Gasteiger partial charge in [0.2, 0.25) is 0 Å². The van der Waals surface area contributed by atoms with Crippen molar-refractivity contribution < 1.29 is 14.7 Å². The minimum atomic E-state index is -0.882. The number of nitrogens with zero attached hydrogens (tertiary/aromatic N) is 1. The molecule has 0 radical (unpaired) electrons. The number of nitrogens with one attached hydrogen (secondary N) is 1. The van der Waals surface area contributed by atoms with Crippen molar-refractivity contribution in [3.8, 4) is 0 Å². The molecule has 0 atom stereocenters. The molecule has 1 heterocycles. The van der Waals surface area contributed by atoms with Crippen molar-refractivity contribution in [3.05, 3.63) is 0 Å². The number of rotatable bonds is 0. The molecule has 0 bridgehead atoms. The molecule has 0 saturated carbocycles. The van der Waals surface area contributed by atoms with Gasteiger partial charge in [0.25, 0.3) is 0 Å². The van der Waals surface area contributed by atoms with Gasteiger partial charge in [0.1, 0.15) is 0 Å². The monoisotopic (exact) mass is 146 g/mol. The van der Waals surface area contributed by atoms with Crippen LogP contribution in [0.2, 0.25) is 0 Å². The highest BCUT2D eigenvalue weighted by Gasteiger charge is 2.12. The molecule has 0 aliphatic carbocycles. The van der Waals surface area contributed by atoms with Crippen LogP contribution in [0.25, 0.3) is 0 Å². The van der Waals surface area contributed by atoms with E-state index < -0.39 is 6.09 Å². The van der Waals surface area contributed by atoms with Crippen LogP contribution in [0.1, 0.15) is 0 Å². The SMILES string of the molecule is O=C(O)N1CCNOCC1. The largest absolute Gasteiger partial charge is 0.465 e. The van der Waals surface area contributed by atoms with Gasteiger partial charge in [-0.15, -0.1) is 0 Å². The Balaban J connectivity index is 2.35. The molecule has 10 heavy (non-hydrogen) atoms. The highest BCUT2D eigenvalue weighted by Crippen LogP contribution is 1.91. The average molecular weight is 146 g/mol. The topological polar surface area (TPSA) is 61.8 Å². The van der Waals surface area contributed by atoms with Gasteiger partial charge < -0.3 is 10.0 Å². The lowest BCUT2D eigenvalue weighted by atomic mass is 10.5. The molecule has 1 amide bonds. The van der Waals surface area contributed by atoms with Gasteiger partial charge in [0.05, 0.1) is 6.61 Å². The quantitative estimate of drug-likeness (QED) is 0.483. The molecule has 0 unspecified atom stereocenters. The van der Waals surface area contributed by atoms with Gasteiger partial charge in [0.15, 0.2) is 0 Å². The summed E-state index contributed by atoms with van der Waals surface area (Å²) in [6, 6.07) is 0. The molecule has 1 saturated heterocycles. The summed E-state index contributed by atoms with van der Waals surface area (Å²) in [6.07, 6.45) is -0.882. The fourth-order valence-corrected chi connectivity index (χ4v) is 0.784. The Kier molecular flexibility index (Phi) is 2.47. The fraction of sp³-hybridized carbons (Fsp3) is 0.800. The molecule has 0 aromatic rings. The molecule has 58 valence electrons. The Morgan fingerprint density at radius 2 is 2.40 bits per heavy atom. The number of hydrogen-bond donors (Lipinski definition) is 2. The van der Waals surface area contributed by atoms with Gasteiger partial charge in [-0.05, 0) is 0 Å². The summed E-state index contributed by atoms with van der Waals surface area (Å²) in [5, 5.41) is 8.51. The van der Waals surface area contributed by atoms with Crippen LogP contribution in [-0.4, -0.2) is 42.3 Å². The number of hydrogen-bond acceptors (Lipinski definition) is 3. The summed E-state index contributed by atoms with van der Waals surface area (Å²) in [6.45, 7) is 1.93. The molecule has 1 fully saturated rings. The van der Waals surface area contributed by atoms with Crippen LogP contribution < -0.4 is 5.48 Å². The first-order valence-corrected chi connectivity index (χ1v) is 3.13. The Labute approximate surface area is 58.5 Å². The zero-order valence-corrected chi connectivity index (χ0v) is 5.54. The van der Waals surface area contributed by atoms with E-state index in [1.165, 1.54) is 4.90 Å². The zero-order chi connectivity index (χ0) is 7.40. The van der Waals surface area contributed by atoms with E-state index >= 15 is 0 Å². The Morgan fingerprint density at radius 1 is 1.60 bits per heavy atom. The summed E-state index contributed by atoms with van der Waals surface area (Å²) in [5.74, 6) is 0. The molecule has 1 aliphatic heterocycles. The number of hydroxylamine groups is 1. The van der Waals surface area contributed by atoms with Gasteiger partial charge >= 0.3 is 6.09 Å². The molecule has 5 nitrogen and oxygen atoms in total. The fourth-order valence-electron chi connectivity index (χ4n) is 0.784. The van der Waals surface area contributed by atoms with E-state index in [2.05, 4.69) is 5.48 Å². The molecule has 2 N–H and O–H groups in total. The molecule has 1 rings (SSSR count). The first-order chi connectivity index (χ1) is 4.80. The van der Waals surface area contributed by atoms with Crippen molar-refractivity contribution in [3.63, 3.8) is 0 Å². The second-order valence-electron chi connectivity index (χ2n) is 2.01. The standard InChI is InChI=1S/C5H10N2O3/c8-5(9)7-2-1-6-10-4-3-7/h6H,1-4H2,(H,8,9). The highest BCUT2D eigenvalue weighted by molar-refractivity contribution is 5.64. The minimum Gasteiger partial charge on any atom is -0.465 e. The van der Waals surface area contributed by atoms with E-state index in [0.29, 0.717) is 26.2 Å². The van der Waals surface area contributed by atoms with E-state index in [0.717, 1.165) is 0 Å². The molecule has 0 aromatic carbocycles. The predicted molar refractivity (Wildman–Crippen MR) is 33.6 cm³/mol. The van der Waals surface area contributed by atoms with Crippen LogP contribution in [-0.2, 0) is 4.84 Å². The molecule has 0 aromatic heterocycles. The van der Waals surface area contributed by atoms with Crippen molar-refractivity contribution in [2.24, 2.45) is 0 Å². The highest BCUT2D eigenvalue weighted by atomic mass is 16.6. The zero-order valence-electron chi connectivity index (χ0n) is 5.54. The first kappa shape index (κ1) is 7.30. The lowest BCUT2D eigenvalue weighted by Gasteiger charge is -2.13. The smallest absolute Gasteiger partial charge is 0.407 e. The molecular weight excluding hydrogens is 136 g/mol. The third kappa shape index (κ3) is 1.85. The van der Waals surface area contributed by atoms with Gasteiger partial charge in [0, 0.05) is 19.6 Å². The predicted octanol–water partition coefficient (Wildman–Crippen LogP) is -0.499. The van der Waals surface area contributed by atoms with E-state index in [1.54, 1.807) is 0 Å². The lowest BCUT2D eigenvalue weighted by molar-refractivity contribution is 0.0547. The van der Waals surface area contributed by atoms with Crippen molar-refractivity contribution in [2.75, 3.05) is 26.2 Å². The van der Waals surface area contributed by atoms with Gasteiger partial charge in [-0.3, -0.25) is 4.84 Å². The Morgan fingerprint density at radius 3 is 3.10 bits per heavy atom. The second kappa shape index (κ2) is 3.38. The number of carbonyl (C=O) groups is 1. The van der Waals surface area contributed by atoms with Crippen LogP contribution in [0.3, 0.4) is 0 Å². The van der Waals surface area contributed by atoms with Gasteiger partial charge in [-0.1, -0.05) is 0 Å². The van der Waals surface area contributed by atoms with Crippen molar-refractivity contribution in [1.82, 2.24) is 10.4 Å². The second-order valence-corrected chi connectivity index (χ2v) is 2.01. The number of amides is 1. The van der Waals surface area contributed by atoms with Gasteiger partial charge in [-0.25, -0.2) is 10.3 Å². The normalized spacial score (nSPS) is 20.2. The molecule has 1 aliphatic rings. The van der Waals surface area contributed by atoms with E-state index in [1.807, 2.05) is 0 Å². The summed E-state index contributed by atoms with van der Waals surface area (Å²) in [7, 11) is 0. The van der Waals surface area contributed by atoms with Crippen molar-refractivity contribution in [1.29, 1.82) is 0 Å². The van der Waals surface area contributed by atoms with Crippen LogP contribution in [0, 0.1) is 0 Å². The maximum atomic E-state index is 10.3.